The van der Waals surface area contributed by atoms with E-state index in [9.17, 15) is 0 Å². The molecule has 64 heavy (non-hydrogen) atoms. The molecule has 0 bridgehead atoms. The second kappa shape index (κ2) is 16.7. The van der Waals surface area contributed by atoms with Gasteiger partial charge in [0.15, 0.2) is 0 Å². The van der Waals surface area contributed by atoms with Crippen molar-refractivity contribution in [3.8, 4) is 44.5 Å². The summed E-state index contributed by atoms with van der Waals surface area (Å²) < 4.78 is 0. The van der Waals surface area contributed by atoms with E-state index in [4.69, 9.17) is 0 Å². The molecule has 0 amide bonds. The number of benzene rings is 9. The van der Waals surface area contributed by atoms with Crippen molar-refractivity contribution >= 4 is 50.4 Å². The van der Waals surface area contributed by atoms with Crippen LogP contribution in [-0.2, 0) is 0 Å². The third kappa shape index (κ3) is 6.89. The Bertz CT molecular complexity index is 3230. The molecule has 0 spiro atoms. The third-order valence-corrected chi connectivity index (χ3v) is 15.4. The fraction of sp³-hybridized carbons (Fsp3) is 0.129. The van der Waals surface area contributed by atoms with Gasteiger partial charge in [-0.15, -0.1) is 11.8 Å². The molecule has 12 rings (SSSR count). The van der Waals surface area contributed by atoms with Crippen LogP contribution < -0.4 is 4.90 Å². The van der Waals surface area contributed by atoms with Gasteiger partial charge < -0.3 is 4.90 Å². The minimum atomic E-state index is 0.383. The van der Waals surface area contributed by atoms with Crippen LogP contribution in [0.25, 0.3) is 66.1 Å². The summed E-state index contributed by atoms with van der Waals surface area (Å²) >= 11 is 1.99. The van der Waals surface area contributed by atoms with Crippen LogP contribution in [0.4, 0.5) is 17.1 Å². The molecule has 2 unspecified atom stereocenters. The lowest BCUT2D eigenvalue weighted by Crippen LogP contribution is -2.13. The number of anilines is 3. The Labute approximate surface area is 381 Å². The average molecular weight is 840 g/mol. The summed E-state index contributed by atoms with van der Waals surface area (Å²) in [7, 11) is 0. The molecule has 0 N–H and O–H groups in total. The molecule has 1 heterocycles. The second-order valence-electron chi connectivity index (χ2n) is 17.7. The van der Waals surface area contributed by atoms with E-state index >= 15 is 0 Å². The third-order valence-electron chi connectivity index (χ3n) is 14.0. The topological polar surface area (TPSA) is 3.24 Å². The lowest BCUT2D eigenvalue weighted by Gasteiger charge is -2.31. The van der Waals surface area contributed by atoms with Crippen molar-refractivity contribution in [3.05, 3.63) is 230 Å². The number of allylic oxidation sites excluding steroid dienone is 3. The summed E-state index contributed by atoms with van der Waals surface area (Å²) in [6, 6.07) is 72.9. The number of hydrogen-bond donors (Lipinski definition) is 0. The largest absolute Gasteiger partial charge is 0.309 e. The summed E-state index contributed by atoms with van der Waals surface area (Å²) in [6.45, 7) is 0. The summed E-state index contributed by atoms with van der Waals surface area (Å²) in [5, 5.41) is 5.66. The summed E-state index contributed by atoms with van der Waals surface area (Å²) in [5.74, 6) is 0.957. The summed E-state index contributed by atoms with van der Waals surface area (Å²) in [6.07, 6.45) is 15.6. The predicted molar refractivity (Wildman–Crippen MR) is 274 cm³/mol. The predicted octanol–water partition coefficient (Wildman–Crippen LogP) is 17.9. The van der Waals surface area contributed by atoms with Gasteiger partial charge in [-0.05, 0) is 115 Å². The molecular weight excluding hydrogens is 791 g/mol. The van der Waals surface area contributed by atoms with Gasteiger partial charge in [-0.1, -0.05) is 207 Å². The Kier molecular flexibility index (Phi) is 10.1. The quantitative estimate of drug-likeness (QED) is 0.150. The van der Waals surface area contributed by atoms with Crippen molar-refractivity contribution in [1.29, 1.82) is 0 Å². The van der Waals surface area contributed by atoms with E-state index < -0.39 is 0 Å². The van der Waals surface area contributed by atoms with Crippen LogP contribution in [0.15, 0.2) is 223 Å². The number of nitrogens with zero attached hydrogens (tertiary/aromatic N) is 1. The molecule has 1 aliphatic heterocycles. The maximum absolute atomic E-state index is 2.55. The van der Waals surface area contributed by atoms with E-state index in [0.717, 1.165) is 17.1 Å². The normalized spacial score (nSPS) is 16.8. The molecule has 1 nitrogen and oxygen atoms in total. The Morgan fingerprint density at radius 2 is 1.09 bits per heavy atom. The van der Waals surface area contributed by atoms with E-state index in [2.05, 4.69) is 223 Å². The zero-order valence-corrected chi connectivity index (χ0v) is 36.7. The van der Waals surface area contributed by atoms with Crippen molar-refractivity contribution in [1.82, 2.24) is 0 Å². The molecule has 0 radical (unpaired) electrons. The van der Waals surface area contributed by atoms with Crippen molar-refractivity contribution in [2.75, 3.05) is 4.90 Å². The maximum atomic E-state index is 2.55. The van der Waals surface area contributed by atoms with Gasteiger partial charge in [0.1, 0.15) is 0 Å². The Morgan fingerprint density at radius 3 is 1.97 bits per heavy atom. The maximum Gasteiger partial charge on any atom is 0.0546 e. The van der Waals surface area contributed by atoms with Gasteiger partial charge in [-0.3, -0.25) is 0 Å². The Balaban J connectivity index is 1.09. The van der Waals surface area contributed by atoms with Gasteiger partial charge in [-0.25, -0.2) is 0 Å². The van der Waals surface area contributed by atoms with Crippen LogP contribution in [0.3, 0.4) is 0 Å². The number of hydrogen-bond acceptors (Lipinski definition) is 2. The molecule has 3 aliphatic rings. The van der Waals surface area contributed by atoms with Crippen LogP contribution in [0, 0.1) is 0 Å². The Hall–Kier alpha value is -6.87. The minimum absolute atomic E-state index is 0.383. The van der Waals surface area contributed by atoms with E-state index in [1.165, 1.54) is 114 Å². The number of fused-ring (bicyclic) bond motifs is 5. The zero-order chi connectivity index (χ0) is 42.4. The Morgan fingerprint density at radius 1 is 0.438 bits per heavy atom. The van der Waals surface area contributed by atoms with Crippen molar-refractivity contribution < 1.29 is 0 Å². The number of rotatable bonds is 8. The molecule has 2 atom stereocenters. The van der Waals surface area contributed by atoms with Gasteiger partial charge in [0.05, 0.1) is 11.4 Å². The van der Waals surface area contributed by atoms with Gasteiger partial charge in [0, 0.05) is 32.9 Å². The van der Waals surface area contributed by atoms with Crippen LogP contribution in [-0.4, -0.2) is 5.25 Å². The van der Waals surface area contributed by atoms with E-state index in [1.807, 2.05) is 11.8 Å². The molecule has 2 heteroatoms. The standard InChI is InChI=1S/C62H49NS/c1-3-17-43(18-4-1)51-40-37-47(50-28-13-22-42-21-7-8-25-49(42)50)41-58(51)63(48-38-35-45(36-39-48)53-30-16-34-60-62(53)56-27-10-12-33-59(56)64-60)57-32-11-9-26-54(57)55-31-15-24-46-23-14-29-52(61(46)55)44-19-5-2-6-20-44/h1,3-4,7-18,21-41,44,56,59H,2,5-6,19-20H2. The fourth-order valence-corrected chi connectivity index (χ4v) is 12.4. The first-order chi connectivity index (χ1) is 31.8. The monoisotopic (exact) mass is 839 g/mol. The average Bonchev–Trinajstić information content (AvgIpc) is 3.76. The van der Waals surface area contributed by atoms with Gasteiger partial charge in [0.2, 0.25) is 0 Å². The molecule has 0 saturated heterocycles. The van der Waals surface area contributed by atoms with Crippen molar-refractivity contribution in [2.45, 2.75) is 54.1 Å². The highest BCUT2D eigenvalue weighted by atomic mass is 32.2. The summed E-state index contributed by atoms with van der Waals surface area (Å²) in [5.41, 5.74) is 16.3. The van der Waals surface area contributed by atoms with Crippen molar-refractivity contribution in [2.24, 2.45) is 0 Å². The van der Waals surface area contributed by atoms with Gasteiger partial charge >= 0.3 is 0 Å². The van der Waals surface area contributed by atoms with E-state index in [-0.39, 0.29) is 0 Å². The van der Waals surface area contributed by atoms with E-state index in [0.29, 0.717) is 17.1 Å². The van der Waals surface area contributed by atoms with Crippen LogP contribution >= 0.6 is 11.8 Å². The first kappa shape index (κ1) is 38.8. The van der Waals surface area contributed by atoms with E-state index in [1.54, 1.807) is 0 Å². The highest BCUT2D eigenvalue weighted by Crippen LogP contribution is 2.53. The van der Waals surface area contributed by atoms with Crippen LogP contribution in [0.1, 0.15) is 55.1 Å². The molecule has 1 fully saturated rings. The molecule has 308 valence electrons. The lowest BCUT2D eigenvalue weighted by molar-refractivity contribution is 0.445. The highest BCUT2D eigenvalue weighted by molar-refractivity contribution is 8.00. The first-order valence-electron chi connectivity index (χ1n) is 23.1. The molecule has 9 aromatic carbocycles. The smallest absolute Gasteiger partial charge is 0.0546 e. The molecule has 0 aromatic heterocycles. The zero-order valence-electron chi connectivity index (χ0n) is 35.9. The molecule has 2 aliphatic carbocycles. The minimum Gasteiger partial charge on any atom is -0.309 e. The molecular formula is C62H49NS. The molecule has 9 aromatic rings. The van der Waals surface area contributed by atoms with Crippen molar-refractivity contribution in [3.63, 3.8) is 0 Å². The van der Waals surface area contributed by atoms with Gasteiger partial charge in [0.25, 0.3) is 0 Å². The second-order valence-corrected chi connectivity index (χ2v) is 18.9. The summed E-state index contributed by atoms with van der Waals surface area (Å²) in [4.78, 5) is 3.94. The SMILES string of the molecule is C1=CC2Sc3cccc(-c4ccc(N(c5cc(-c6cccc7ccccc67)ccc5-c5ccccc5)c5ccccc5-c5cccc6cccc(C7CCCCC7)c56)cc4)c3C2C=C1. The highest BCUT2D eigenvalue weighted by Gasteiger charge is 2.33. The first-order valence-corrected chi connectivity index (χ1v) is 24.0. The van der Waals surface area contributed by atoms with Crippen LogP contribution in [0.5, 0.6) is 0 Å². The van der Waals surface area contributed by atoms with Crippen LogP contribution in [0.2, 0.25) is 0 Å². The van der Waals surface area contributed by atoms with Gasteiger partial charge in [-0.2, -0.15) is 0 Å². The number of thioether (sulfide) groups is 1. The number of para-hydroxylation sites is 1. The lowest BCUT2D eigenvalue weighted by atomic mass is 9.80. The molecule has 1 saturated carbocycles. The fourth-order valence-electron chi connectivity index (χ4n) is 11.0.